The molecule has 0 aromatic heterocycles. The summed E-state index contributed by atoms with van der Waals surface area (Å²) in [5.74, 6) is 0. The van der Waals surface area contributed by atoms with Crippen molar-refractivity contribution in [3.63, 3.8) is 0 Å². The number of fused-ring (bicyclic) bond motifs is 2. The Kier molecular flexibility index (Phi) is 1.89. The Morgan fingerprint density at radius 3 is 2.43 bits per heavy atom. The lowest BCUT2D eigenvalue weighted by Crippen LogP contribution is -2.30. The van der Waals surface area contributed by atoms with E-state index in [0.717, 1.165) is 0 Å². The average Bonchev–Trinajstić information content (AvgIpc) is 3.00. The molecule has 5 rings (SSSR count). The zero-order valence-corrected chi connectivity index (χ0v) is 12.4. The molecule has 1 aromatic rings. The summed E-state index contributed by atoms with van der Waals surface area (Å²) in [5.41, 5.74) is 8.55. The highest BCUT2D eigenvalue weighted by molar-refractivity contribution is 6.67. The van der Waals surface area contributed by atoms with Crippen LogP contribution in [0, 0.1) is 10.8 Å². The van der Waals surface area contributed by atoms with Gasteiger partial charge in [-0.3, -0.25) is 0 Å². The van der Waals surface area contributed by atoms with Crippen molar-refractivity contribution in [1.82, 2.24) is 0 Å². The van der Waals surface area contributed by atoms with Crippen LogP contribution in [0.5, 0.6) is 0 Å². The van der Waals surface area contributed by atoms with Crippen molar-refractivity contribution < 1.29 is 0 Å². The van der Waals surface area contributed by atoms with Crippen molar-refractivity contribution >= 4 is 18.3 Å². The molecule has 0 spiro atoms. The molecule has 1 radical (unpaired) electrons. The predicted molar refractivity (Wildman–Crippen MR) is 89.4 cm³/mol. The summed E-state index contributed by atoms with van der Waals surface area (Å²) in [7, 11) is 2.33. The lowest BCUT2D eigenvalue weighted by atomic mass is 9.63. The fourth-order valence-corrected chi connectivity index (χ4v) is 4.29. The molecule has 0 saturated heterocycles. The van der Waals surface area contributed by atoms with Gasteiger partial charge in [-0.2, -0.15) is 0 Å². The molecule has 1 aliphatic heterocycles. The van der Waals surface area contributed by atoms with Gasteiger partial charge >= 0.3 is 0 Å². The summed E-state index contributed by atoms with van der Waals surface area (Å²) in [6.07, 6.45) is 14.2. The highest BCUT2D eigenvalue weighted by Crippen LogP contribution is 2.62. The monoisotopic (exact) mass is 267 g/mol. The molecule has 3 aliphatic carbocycles. The number of hydrogen-bond donors (Lipinski definition) is 0. The molecular formula is C20H16B. The SMILES string of the molecule is C[C@]12C=CC3=CC4=C(C=C(C=C1)[C@@]32C)c1ccccc1[B]4. The van der Waals surface area contributed by atoms with Gasteiger partial charge in [0.15, 0.2) is 7.28 Å². The van der Waals surface area contributed by atoms with Crippen LogP contribution in [0.25, 0.3) is 5.57 Å². The Labute approximate surface area is 126 Å². The second-order valence-electron chi connectivity index (χ2n) is 6.87. The summed E-state index contributed by atoms with van der Waals surface area (Å²) >= 11 is 0. The first-order valence-corrected chi connectivity index (χ1v) is 7.63. The minimum absolute atomic E-state index is 0.0973. The normalized spacial score (nSPS) is 34.0. The molecule has 0 bridgehead atoms. The Hall–Kier alpha value is -2.02. The highest BCUT2D eigenvalue weighted by atomic mass is 14.5. The van der Waals surface area contributed by atoms with Crippen LogP contribution >= 0.6 is 0 Å². The fraction of sp³-hybridized carbons (Fsp3) is 0.200. The molecule has 2 atom stereocenters. The first-order chi connectivity index (χ1) is 10.1. The molecular weight excluding hydrogens is 251 g/mol. The van der Waals surface area contributed by atoms with E-state index >= 15 is 0 Å². The molecule has 0 fully saturated rings. The Morgan fingerprint density at radius 1 is 0.905 bits per heavy atom. The topological polar surface area (TPSA) is 0 Å². The van der Waals surface area contributed by atoms with E-state index in [1.165, 1.54) is 33.2 Å². The van der Waals surface area contributed by atoms with Gasteiger partial charge in [0.1, 0.15) is 0 Å². The quantitative estimate of drug-likeness (QED) is 0.628. The molecule has 0 N–H and O–H groups in total. The summed E-state index contributed by atoms with van der Waals surface area (Å²) < 4.78 is 0. The van der Waals surface area contributed by atoms with E-state index in [4.69, 9.17) is 0 Å². The van der Waals surface area contributed by atoms with E-state index in [1.807, 2.05) is 0 Å². The van der Waals surface area contributed by atoms with E-state index in [-0.39, 0.29) is 10.8 Å². The Balaban J connectivity index is 1.81. The molecule has 0 nitrogen and oxygen atoms in total. The van der Waals surface area contributed by atoms with Gasteiger partial charge in [0.05, 0.1) is 0 Å². The van der Waals surface area contributed by atoms with Gasteiger partial charge < -0.3 is 0 Å². The van der Waals surface area contributed by atoms with Crippen LogP contribution in [0.2, 0.25) is 0 Å². The molecule has 0 saturated carbocycles. The van der Waals surface area contributed by atoms with Crippen LogP contribution in [0.4, 0.5) is 0 Å². The van der Waals surface area contributed by atoms with E-state index in [2.05, 4.69) is 81.8 Å². The third-order valence-electron chi connectivity index (χ3n) is 5.93. The largest absolute Gasteiger partial charge is 0.193 e. The maximum Gasteiger partial charge on any atom is 0.193 e. The average molecular weight is 267 g/mol. The van der Waals surface area contributed by atoms with Crippen molar-refractivity contribution in [2.24, 2.45) is 10.8 Å². The van der Waals surface area contributed by atoms with Crippen LogP contribution < -0.4 is 5.46 Å². The van der Waals surface area contributed by atoms with E-state index < -0.39 is 0 Å². The second kappa shape index (κ2) is 3.41. The maximum atomic E-state index is 2.41. The van der Waals surface area contributed by atoms with Crippen molar-refractivity contribution in [3.05, 3.63) is 82.9 Å². The lowest BCUT2D eigenvalue weighted by molar-refractivity contribution is 0.325. The number of allylic oxidation sites excluding steroid dienone is 10. The standard InChI is InChI=1S/C20H16B/c1-19-9-7-13-11-16-15-5-3-4-6-17(15)21-18(16)12-14(8-10-19)20(13,19)2/h3-12H,1-2H3/t19-,20+/m1/s1. The van der Waals surface area contributed by atoms with Gasteiger partial charge in [0, 0.05) is 10.8 Å². The molecule has 1 aromatic carbocycles. The molecule has 0 unspecified atom stereocenters. The third kappa shape index (κ3) is 1.20. The van der Waals surface area contributed by atoms with Gasteiger partial charge in [-0.15, -0.1) is 0 Å². The van der Waals surface area contributed by atoms with Gasteiger partial charge in [0.25, 0.3) is 0 Å². The van der Waals surface area contributed by atoms with Crippen molar-refractivity contribution in [2.45, 2.75) is 13.8 Å². The molecule has 21 heavy (non-hydrogen) atoms. The van der Waals surface area contributed by atoms with Gasteiger partial charge in [-0.05, 0) is 22.3 Å². The van der Waals surface area contributed by atoms with Crippen molar-refractivity contribution in [3.8, 4) is 0 Å². The molecule has 1 heteroatoms. The first-order valence-electron chi connectivity index (χ1n) is 7.63. The van der Waals surface area contributed by atoms with Crippen LogP contribution in [0.15, 0.2) is 77.3 Å². The second-order valence-corrected chi connectivity index (χ2v) is 6.87. The number of benzene rings is 1. The minimum atomic E-state index is 0.0973. The van der Waals surface area contributed by atoms with Gasteiger partial charge in [-0.1, -0.05) is 85.5 Å². The molecule has 99 valence electrons. The van der Waals surface area contributed by atoms with Crippen LogP contribution in [-0.2, 0) is 0 Å². The van der Waals surface area contributed by atoms with Crippen molar-refractivity contribution in [2.75, 3.05) is 0 Å². The Morgan fingerprint density at radius 2 is 1.62 bits per heavy atom. The van der Waals surface area contributed by atoms with E-state index in [0.29, 0.717) is 0 Å². The summed E-state index contributed by atoms with van der Waals surface area (Å²) in [5, 5.41) is 0. The molecule has 4 aliphatic rings. The van der Waals surface area contributed by atoms with Crippen LogP contribution in [0.1, 0.15) is 19.4 Å². The fourth-order valence-electron chi connectivity index (χ4n) is 4.29. The van der Waals surface area contributed by atoms with Crippen molar-refractivity contribution in [1.29, 1.82) is 0 Å². The molecule has 0 amide bonds. The number of hydrogen-bond acceptors (Lipinski definition) is 0. The number of rotatable bonds is 0. The lowest BCUT2D eigenvalue weighted by Gasteiger charge is -2.36. The van der Waals surface area contributed by atoms with Gasteiger partial charge in [-0.25, -0.2) is 0 Å². The predicted octanol–water partition coefficient (Wildman–Crippen LogP) is 3.76. The maximum absolute atomic E-state index is 2.41. The van der Waals surface area contributed by atoms with Gasteiger partial charge in [0.2, 0.25) is 0 Å². The highest BCUT2D eigenvalue weighted by Gasteiger charge is 2.52. The zero-order valence-electron chi connectivity index (χ0n) is 12.4. The summed E-state index contributed by atoms with van der Waals surface area (Å²) in [6, 6.07) is 8.70. The van der Waals surface area contributed by atoms with Crippen LogP contribution in [0.3, 0.4) is 0 Å². The summed E-state index contributed by atoms with van der Waals surface area (Å²) in [4.78, 5) is 0. The smallest absolute Gasteiger partial charge is 0.0737 e. The van der Waals surface area contributed by atoms with E-state index in [9.17, 15) is 0 Å². The Bertz CT molecular complexity index is 846. The third-order valence-corrected chi connectivity index (χ3v) is 5.93. The summed E-state index contributed by atoms with van der Waals surface area (Å²) in [6.45, 7) is 4.73. The van der Waals surface area contributed by atoms with E-state index in [1.54, 1.807) is 0 Å². The van der Waals surface area contributed by atoms with Crippen LogP contribution in [-0.4, -0.2) is 7.28 Å². The first kappa shape index (κ1) is 11.6. The minimum Gasteiger partial charge on any atom is -0.0737 e. The zero-order chi connectivity index (χ0) is 14.2. The molecule has 1 heterocycles.